The molecule has 0 aromatic heterocycles. The van der Waals surface area contributed by atoms with E-state index in [0.717, 1.165) is 12.1 Å². The minimum absolute atomic E-state index is 0.440. The third-order valence-corrected chi connectivity index (χ3v) is 42.3. The summed E-state index contributed by atoms with van der Waals surface area (Å²) in [6.07, 6.45) is -82.3. The summed E-state index contributed by atoms with van der Waals surface area (Å²) in [4.78, 5) is -2.25. The fourth-order valence-electron chi connectivity index (χ4n) is 16.0. The number of rotatable bonds is 26. The first-order valence-electron chi connectivity index (χ1n) is 45.5. The second-order valence-electron chi connectivity index (χ2n) is 39.3. The highest BCUT2D eigenvalue weighted by Gasteiger charge is 2.62. The molecule has 141 heavy (non-hydrogen) atoms. The predicted octanol–water partition coefficient (Wildman–Crippen LogP) is -0.564. The molecule has 21 fully saturated rings. The molecule has 0 radical (unpaired) electrons. The smallest absolute Gasteiger partial charge is 0.297 e. The number of aliphatic hydroxyl groups excluding tert-OH is 14. The van der Waals surface area contributed by atoms with Crippen LogP contribution in [0.5, 0.6) is 0 Å². The molecule has 0 spiro atoms. The van der Waals surface area contributed by atoms with E-state index in [0.29, 0.717) is 27.8 Å². The van der Waals surface area contributed by atoms with Crippen LogP contribution in [0.3, 0.4) is 0 Å². The first kappa shape index (κ1) is 113. The van der Waals surface area contributed by atoms with Gasteiger partial charge in [-0.3, -0.25) is 20.9 Å². The molecule has 14 N–H and O–H groups in total. The zero-order chi connectivity index (χ0) is 103. The first-order chi connectivity index (χ1) is 65.7. The number of hydrogen-bond donors (Lipinski definition) is 14. The molecule has 21 heterocycles. The Bertz CT molecular complexity index is 5360. The first-order valence-corrected chi connectivity index (χ1v) is 58.3. The van der Waals surface area contributed by atoms with E-state index >= 15 is 0 Å². The third-order valence-electron chi connectivity index (χ3n) is 26.8. The second-order valence-corrected chi connectivity index (χ2v) is 57.0. The van der Waals surface area contributed by atoms with E-state index in [2.05, 4.69) is 0 Å². The minimum Gasteiger partial charge on any atom is -0.414 e. The molecule has 21 saturated heterocycles. The lowest BCUT2D eigenvalue weighted by Gasteiger charge is -2.50. The molecular weight excluding hydrogens is 2010 g/mol. The van der Waals surface area contributed by atoms with Crippen LogP contribution in [-0.4, -0.2) is 391 Å². The van der Waals surface area contributed by atoms with Crippen molar-refractivity contribution in [1.29, 1.82) is 0 Å². The van der Waals surface area contributed by atoms with Crippen LogP contribution in [0.25, 0.3) is 0 Å². The Morgan fingerprint density at radius 3 is 0.475 bits per heavy atom. The van der Waals surface area contributed by atoms with Crippen molar-refractivity contribution in [3.8, 4) is 0 Å². The van der Waals surface area contributed by atoms with Crippen LogP contribution in [0.1, 0.15) is 69.4 Å². The van der Waals surface area contributed by atoms with E-state index in [1.807, 2.05) is 41.5 Å². The number of hydrogen-bond acceptors (Lipinski definition) is 45. The Kier molecular flexibility index (Phi) is 36.0. The van der Waals surface area contributed by atoms with Gasteiger partial charge in [-0.05, 0) is 132 Å². The van der Waals surface area contributed by atoms with E-state index in [4.69, 9.17) is 96.1 Å². The van der Waals surface area contributed by atoms with Crippen molar-refractivity contribution < 1.29 is 210 Å². The molecule has 45 nitrogen and oxygen atoms in total. The van der Waals surface area contributed by atoms with Gasteiger partial charge in [0, 0.05) is 0 Å². The predicted molar refractivity (Wildman–Crippen MR) is 487 cm³/mol. The Morgan fingerprint density at radius 1 is 0.220 bits per heavy atom. The largest absolute Gasteiger partial charge is 0.414 e. The quantitative estimate of drug-likeness (QED) is 0.0244. The Balaban J connectivity index is 0.938. The number of aliphatic hydroxyl groups is 14. The minimum atomic E-state index is -4.95. The Morgan fingerprint density at radius 2 is 0.348 bits per heavy atom. The molecule has 14 bridgehead atoms. The summed E-state index contributed by atoms with van der Waals surface area (Å²) in [5, 5.41) is 175. The van der Waals surface area contributed by atoms with Gasteiger partial charge >= 0.3 is 0 Å². The number of ether oxygens (including phenoxy) is 14. The highest BCUT2D eigenvalue weighted by molar-refractivity contribution is 7.87. The average Bonchev–Trinajstić information content (AvgIpc) is 0.899. The lowest BCUT2D eigenvalue weighted by Crippen LogP contribution is -2.68. The van der Waals surface area contributed by atoms with Gasteiger partial charge < -0.3 is 147 Å². The highest BCUT2D eigenvalue weighted by atomic mass is 32.2. The third kappa shape index (κ3) is 26.0. The lowest BCUT2D eigenvalue weighted by molar-refractivity contribution is -0.395. The molecule has 0 aliphatic carbocycles. The van der Waals surface area contributed by atoms with Gasteiger partial charge in [-0.1, -0.05) is 130 Å². The van der Waals surface area contributed by atoms with Crippen LogP contribution in [-0.2, 0) is 147 Å². The normalized spacial score (nSPS) is 36.6. The van der Waals surface area contributed by atoms with Crippen LogP contribution in [0, 0.1) is 34.6 Å². The van der Waals surface area contributed by atoms with Gasteiger partial charge in [-0.2, -0.15) is 42.1 Å². The van der Waals surface area contributed by atoms with Crippen molar-refractivity contribution in [3.05, 3.63) is 149 Å². The summed E-state index contributed by atoms with van der Waals surface area (Å²) in [5.41, 5.74) is 3.00. The van der Waals surface area contributed by atoms with E-state index in [1.165, 1.54) is 109 Å². The van der Waals surface area contributed by atoms with Crippen molar-refractivity contribution >= 4 is 67.2 Å². The molecular formula is C89H128O45S5Si2. The van der Waals surface area contributed by atoms with Gasteiger partial charge in [0.15, 0.2) is 60.7 Å². The maximum Gasteiger partial charge on any atom is 0.297 e. The van der Waals surface area contributed by atoms with E-state index in [9.17, 15) is 114 Å². The molecule has 0 amide bonds. The maximum atomic E-state index is 14.3. The van der Waals surface area contributed by atoms with E-state index in [-0.39, 0.29) is 0 Å². The SMILES string of the molecule is Cc1ccc(S(=O)(=O)OC[C@@H]2O[C@@H]3O[C@H]4[C@H](O)[C@@H](O)[C@@H](O[C@H]5[C@@H](O)[C@H](O)[C@@H](O[C@H]6[C@H](O)[C@H](O)[C@@H](O[C@H]7[C@H](O)[C@@H](O)[C@@H](O[C@H]8[C@H](O)[C@@H](O)[C@@H](O[C@H]9[C@H](O)[C@@H](O)[C@@H](O[C@H]2[C@H](O)[C@H]3O)O[C@H]9COS(=O)(=O)c2ccc(C)cc2)O[C@H]8COS(=O)(=O)c2ccc(C)cc2)O[C@@H]7CO[Si](C)(C)C(C)(C)C)O[C@@H]6COS(=O)(=O)c2ccc(C)cc2)O[C@@H]5COS(=O)(=O)c2ccc(C)cc2)O[C@H]4CO[Si](C)(C)C(C)(C)C)cc1. The fourth-order valence-corrected chi connectivity index (χ4v) is 22.6. The van der Waals surface area contributed by atoms with Gasteiger partial charge in [0.1, 0.15) is 171 Å². The summed E-state index contributed by atoms with van der Waals surface area (Å²) in [7, 11) is -30.8. The van der Waals surface area contributed by atoms with Crippen molar-refractivity contribution in [2.24, 2.45) is 0 Å². The van der Waals surface area contributed by atoms with Crippen molar-refractivity contribution in [2.75, 3.05) is 46.2 Å². The lowest BCUT2D eigenvalue weighted by atomic mass is 9.95. The molecule has 35 atom stereocenters. The number of benzene rings is 5. The van der Waals surface area contributed by atoms with Crippen LogP contribution in [0.2, 0.25) is 36.3 Å². The van der Waals surface area contributed by atoms with Gasteiger partial charge in [0.05, 0.1) is 70.7 Å². The molecule has 5 aromatic carbocycles. The maximum absolute atomic E-state index is 14.3. The van der Waals surface area contributed by atoms with Crippen molar-refractivity contribution in [2.45, 2.75) is 352 Å². The van der Waals surface area contributed by atoms with Crippen LogP contribution in [0.4, 0.5) is 0 Å². The summed E-state index contributed by atoms with van der Waals surface area (Å²) in [5.74, 6) is 0. The van der Waals surface area contributed by atoms with E-state index < -0.39 is 363 Å². The average molecular weight is 2130 g/mol. The standard InChI is InChI=1S/C89H128O45S5Si2/c1-43-16-26-48(27-17-43)135(104,105)114-36-53-74-60(90)67(97)81(121-53)129-75-54(37-115-136(106,107)49-28-18-44(2)19-29-49)124-84(70(100)63(75)93)133-79-58(41-119-140(12,13)88(6,7)8)127-87(73(103)66(79)96)132-78-57(40-118-139(112,113)52-34-24-47(5)25-35-52)123-83(69(99)62(78)92)130-76-55(38-116-137(108,109)50-30-20-45(3)21-31-50)125-85(71(101)64(76)94)134-80-59(42-120-141(14,15)89(9,10)11)126-86(72(102)65(80)95)131-77-56(122-82(128-74)68(98)61(77)91)39-117-138(110,111)51-32-22-46(4)23-33-51/h16-35,53-87,90-103H,36-42H2,1-15H3/t53-,54-,55+,56-,57+,58-,59+,60+,61+,62-,63+,64+,65+,66+,67+,68+,69-,70+,71-,72+,73+,74+,75+,76+,77+,78+,79+,80+,81+,82+,83+,84+,85+,86+,87+/m0/s1. The molecule has 0 unspecified atom stereocenters. The molecule has 21 aliphatic heterocycles. The summed E-state index contributed by atoms with van der Waals surface area (Å²) in [6, 6.07) is 25.9. The van der Waals surface area contributed by atoms with Crippen LogP contribution >= 0.6 is 0 Å². The zero-order valence-corrected chi connectivity index (χ0v) is 85.7. The van der Waals surface area contributed by atoms with Crippen molar-refractivity contribution in [3.63, 3.8) is 0 Å². The monoisotopic (exact) mass is 2130 g/mol. The molecule has 792 valence electrons. The Labute approximate surface area is 819 Å². The van der Waals surface area contributed by atoms with Crippen molar-refractivity contribution in [1.82, 2.24) is 0 Å². The molecule has 52 heteroatoms. The molecule has 0 saturated carbocycles. The summed E-state index contributed by atoms with van der Waals surface area (Å²) in [6.45, 7) is 18.7. The van der Waals surface area contributed by atoms with Gasteiger partial charge in [-0.15, -0.1) is 0 Å². The van der Waals surface area contributed by atoms with Gasteiger partial charge in [-0.25, -0.2) is 0 Å². The molecule has 26 rings (SSSR count). The Hall–Kier alpha value is -5.12. The zero-order valence-electron chi connectivity index (χ0n) is 79.7. The van der Waals surface area contributed by atoms with Crippen LogP contribution in [0.15, 0.2) is 146 Å². The molecule has 21 aliphatic rings. The summed E-state index contributed by atoms with van der Waals surface area (Å²) < 4.78 is 272. The van der Waals surface area contributed by atoms with Gasteiger partial charge in [0.2, 0.25) is 0 Å². The number of aryl methyl sites for hydroxylation is 5. The highest BCUT2D eigenvalue weighted by Crippen LogP contribution is 2.45. The second kappa shape index (κ2) is 45.0. The topological polar surface area (TPSA) is 648 Å². The summed E-state index contributed by atoms with van der Waals surface area (Å²) >= 11 is 0. The van der Waals surface area contributed by atoms with E-state index in [1.54, 1.807) is 60.8 Å². The molecule has 5 aromatic rings. The fraction of sp³-hybridized carbons (Fsp3) is 0.663. The van der Waals surface area contributed by atoms with Crippen LogP contribution < -0.4 is 0 Å². The van der Waals surface area contributed by atoms with Gasteiger partial charge in [0.25, 0.3) is 50.6 Å².